The molecular weight excluding hydrogens is 230 g/mol. The van der Waals surface area contributed by atoms with Crippen LogP contribution in [-0.2, 0) is 25.0 Å². The number of ether oxygens (including phenoxy) is 2. The molecule has 0 amide bonds. The second kappa shape index (κ2) is 4.03. The highest BCUT2D eigenvalue weighted by Crippen LogP contribution is 2.37. The Labute approximate surface area is 105 Å². The van der Waals surface area contributed by atoms with Gasteiger partial charge in [-0.15, -0.1) is 0 Å². The maximum absolute atomic E-state index is 6.02. The van der Waals surface area contributed by atoms with Crippen LogP contribution in [0.2, 0.25) is 0 Å². The van der Waals surface area contributed by atoms with Crippen molar-refractivity contribution in [2.75, 3.05) is 12.8 Å². The van der Waals surface area contributed by atoms with Gasteiger partial charge in [0.1, 0.15) is 11.6 Å². The van der Waals surface area contributed by atoms with Crippen LogP contribution >= 0.6 is 0 Å². The molecule has 5 nitrogen and oxygen atoms in total. The summed E-state index contributed by atoms with van der Waals surface area (Å²) in [6.07, 6.45) is 1.76. The quantitative estimate of drug-likeness (QED) is 0.874. The maximum Gasteiger partial charge on any atom is 0.129 e. The van der Waals surface area contributed by atoms with Gasteiger partial charge in [-0.3, -0.25) is 4.68 Å². The number of nitrogen functional groups attached to an aromatic ring is 1. The number of nitrogens with zero attached hydrogens (tertiary/aromatic N) is 2. The number of hydrogen-bond acceptors (Lipinski definition) is 4. The van der Waals surface area contributed by atoms with Crippen LogP contribution < -0.4 is 10.5 Å². The fourth-order valence-corrected chi connectivity index (χ4v) is 2.24. The number of fused-ring (bicyclic) bond motifs is 1. The van der Waals surface area contributed by atoms with Crippen LogP contribution in [0.4, 0.5) is 5.82 Å². The van der Waals surface area contributed by atoms with Crippen LogP contribution in [0.25, 0.3) is 11.1 Å². The Kier molecular flexibility index (Phi) is 2.48. The van der Waals surface area contributed by atoms with E-state index in [4.69, 9.17) is 15.2 Å². The Morgan fingerprint density at radius 1 is 1.28 bits per heavy atom. The second-order valence-corrected chi connectivity index (χ2v) is 4.38. The molecule has 0 saturated heterocycles. The molecule has 0 spiro atoms. The number of anilines is 1. The third-order valence-electron chi connectivity index (χ3n) is 3.31. The first-order chi connectivity index (χ1) is 8.70. The summed E-state index contributed by atoms with van der Waals surface area (Å²) in [6.45, 7) is 1.29. The summed E-state index contributed by atoms with van der Waals surface area (Å²) in [5.74, 6) is 1.44. The lowest BCUT2D eigenvalue weighted by molar-refractivity contribution is 0.134. The monoisotopic (exact) mass is 245 g/mol. The number of hydrogen-bond donors (Lipinski definition) is 1. The van der Waals surface area contributed by atoms with Gasteiger partial charge in [0.25, 0.3) is 0 Å². The molecule has 0 radical (unpaired) electrons. The van der Waals surface area contributed by atoms with Crippen molar-refractivity contribution in [3.05, 3.63) is 29.5 Å². The number of methoxy groups -OCH3 is 1. The number of rotatable bonds is 2. The van der Waals surface area contributed by atoms with Crippen LogP contribution in [0.1, 0.15) is 11.1 Å². The summed E-state index contributed by atoms with van der Waals surface area (Å²) in [6, 6.07) is 4.10. The predicted octanol–water partition coefficient (Wildman–Crippen LogP) is 1.71. The van der Waals surface area contributed by atoms with Crippen LogP contribution in [0.3, 0.4) is 0 Å². The average Bonchev–Trinajstić information content (AvgIpc) is 2.95. The predicted molar refractivity (Wildman–Crippen MR) is 68.1 cm³/mol. The van der Waals surface area contributed by atoms with E-state index in [2.05, 4.69) is 11.2 Å². The molecule has 2 aromatic rings. The largest absolute Gasteiger partial charge is 0.496 e. The van der Waals surface area contributed by atoms with E-state index in [0.29, 0.717) is 19.0 Å². The molecule has 1 aromatic heterocycles. The normalized spacial score (nSPS) is 13.7. The van der Waals surface area contributed by atoms with Gasteiger partial charge in [-0.2, -0.15) is 5.10 Å². The molecule has 0 atom stereocenters. The Hall–Kier alpha value is -2.01. The molecule has 18 heavy (non-hydrogen) atoms. The molecule has 5 heteroatoms. The zero-order valence-electron chi connectivity index (χ0n) is 10.4. The summed E-state index contributed by atoms with van der Waals surface area (Å²) in [4.78, 5) is 0. The van der Waals surface area contributed by atoms with E-state index in [1.165, 1.54) is 11.1 Å². The van der Waals surface area contributed by atoms with Gasteiger partial charge in [-0.1, -0.05) is 0 Å². The van der Waals surface area contributed by atoms with Crippen molar-refractivity contribution < 1.29 is 9.47 Å². The molecule has 1 aliphatic rings. The SMILES string of the molecule is COc1cc2c(cc1-c1cnn(C)c1N)COC2. The molecule has 3 rings (SSSR count). The van der Waals surface area contributed by atoms with Crippen molar-refractivity contribution in [2.24, 2.45) is 7.05 Å². The van der Waals surface area contributed by atoms with Crippen LogP contribution in [0, 0.1) is 0 Å². The van der Waals surface area contributed by atoms with Crippen LogP contribution in [0.5, 0.6) is 5.75 Å². The maximum atomic E-state index is 6.02. The number of benzene rings is 1. The standard InChI is InChI=1S/C13H15N3O2/c1-16-13(14)11(5-15-16)10-3-8-6-18-7-9(8)4-12(10)17-2/h3-5H,6-7,14H2,1-2H3. The number of nitrogens with two attached hydrogens (primary N) is 1. The fraction of sp³-hybridized carbons (Fsp3) is 0.308. The van der Waals surface area contributed by atoms with E-state index in [0.717, 1.165) is 16.9 Å². The topological polar surface area (TPSA) is 62.3 Å². The first-order valence-corrected chi connectivity index (χ1v) is 5.76. The molecule has 0 saturated carbocycles. The van der Waals surface area contributed by atoms with Crippen molar-refractivity contribution in [3.8, 4) is 16.9 Å². The summed E-state index contributed by atoms with van der Waals surface area (Å²) in [5.41, 5.74) is 10.2. The Morgan fingerprint density at radius 2 is 2.00 bits per heavy atom. The molecule has 0 unspecified atom stereocenters. The molecular formula is C13H15N3O2. The third kappa shape index (κ3) is 1.55. The Balaban J connectivity index is 2.19. The highest BCUT2D eigenvalue weighted by Gasteiger charge is 2.19. The van der Waals surface area contributed by atoms with Crippen molar-refractivity contribution in [1.82, 2.24) is 9.78 Å². The number of aromatic nitrogens is 2. The van der Waals surface area contributed by atoms with Gasteiger partial charge < -0.3 is 15.2 Å². The summed E-state index contributed by atoms with van der Waals surface area (Å²) in [7, 11) is 3.48. The van der Waals surface area contributed by atoms with Crippen molar-refractivity contribution in [2.45, 2.75) is 13.2 Å². The first-order valence-electron chi connectivity index (χ1n) is 5.76. The molecule has 0 fully saturated rings. The first kappa shape index (κ1) is 11.1. The summed E-state index contributed by atoms with van der Waals surface area (Å²) < 4.78 is 12.5. The van der Waals surface area contributed by atoms with E-state index >= 15 is 0 Å². The lowest BCUT2D eigenvalue weighted by atomic mass is 10.0. The molecule has 1 aromatic carbocycles. The van der Waals surface area contributed by atoms with E-state index in [1.54, 1.807) is 18.0 Å². The molecule has 0 bridgehead atoms. The van der Waals surface area contributed by atoms with Crippen LogP contribution in [0.15, 0.2) is 18.3 Å². The Morgan fingerprint density at radius 3 is 2.61 bits per heavy atom. The number of aryl methyl sites for hydroxylation is 1. The molecule has 1 aliphatic heterocycles. The van der Waals surface area contributed by atoms with Gasteiger partial charge in [-0.05, 0) is 23.3 Å². The van der Waals surface area contributed by atoms with Crippen molar-refractivity contribution >= 4 is 5.82 Å². The van der Waals surface area contributed by atoms with Gasteiger partial charge in [0, 0.05) is 18.2 Å². The van der Waals surface area contributed by atoms with Gasteiger partial charge in [-0.25, -0.2) is 0 Å². The Bertz CT molecular complexity index is 605. The zero-order chi connectivity index (χ0) is 12.7. The fourth-order valence-electron chi connectivity index (χ4n) is 2.24. The molecule has 94 valence electrons. The summed E-state index contributed by atoms with van der Waals surface area (Å²) >= 11 is 0. The minimum Gasteiger partial charge on any atom is -0.496 e. The summed E-state index contributed by atoms with van der Waals surface area (Å²) in [5, 5.41) is 4.17. The highest BCUT2D eigenvalue weighted by molar-refractivity contribution is 5.79. The lowest BCUT2D eigenvalue weighted by Crippen LogP contribution is -1.99. The zero-order valence-corrected chi connectivity index (χ0v) is 10.4. The van der Waals surface area contributed by atoms with E-state index in [9.17, 15) is 0 Å². The van der Waals surface area contributed by atoms with Crippen molar-refractivity contribution in [3.63, 3.8) is 0 Å². The molecule has 2 N–H and O–H groups in total. The lowest BCUT2D eigenvalue weighted by Gasteiger charge is -2.10. The van der Waals surface area contributed by atoms with Gasteiger partial charge in [0.05, 0.1) is 26.5 Å². The average molecular weight is 245 g/mol. The van der Waals surface area contributed by atoms with Crippen LogP contribution in [-0.4, -0.2) is 16.9 Å². The van der Waals surface area contributed by atoms with E-state index < -0.39 is 0 Å². The molecule has 0 aliphatic carbocycles. The minimum atomic E-state index is 0.632. The highest BCUT2D eigenvalue weighted by atomic mass is 16.5. The van der Waals surface area contributed by atoms with Crippen molar-refractivity contribution in [1.29, 1.82) is 0 Å². The minimum absolute atomic E-state index is 0.632. The van der Waals surface area contributed by atoms with Gasteiger partial charge in [0.15, 0.2) is 0 Å². The molecule has 2 heterocycles. The van der Waals surface area contributed by atoms with Gasteiger partial charge >= 0.3 is 0 Å². The second-order valence-electron chi connectivity index (χ2n) is 4.38. The smallest absolute Gasteiger partial charge is 0.129 e. The third-order valence-corrected chi connectivity index (χ3v) is 3.31. The van der Waals surface area contributed by atoms with E-state index in [1.807, 2.05) is 13.1 Å². The van der Waals surface area contributed by atoms with Gasteiger partial charge in [0.2, 0.25) is 0 Å². The van der Waals surface area contributed by atoms with E-state index in [-0.39, 0.29) is 0 Å².